The zero-order valence-corrected chi connectivity index (χ0v) is 14.4. The maximum atomic E-state index is 13.5. The van der Waals surface area contributed by atoms with Crippen LogP contribution in [0.1, 0.15) is 29.8 Å². The molecule has 0 aliphatic carbocycles. The molecule has 2 aromatic rings. The summed E-state index contributed by atoms with van der Waals surface area (Å²) in [4.78, 5) is 1.17. The summed E-state index contributed by atoms with van der Waals surface area (Å²) in [6.45, 7) is 3.01. The zero-order chi connectivity index (χ0) is 13.8. The molecule has 0 radical (unpaired) electrons. The van der Waals surface area contributed by atoms with E-state index in [9.17, 15) is 4.39 Å². The Labute approximate surface area is 133 Å². The minimum absolute atomic E-state index is 0.0151. The number of thiophene rings is 1. The second-order valence-corrected chi connectivity index (χ2v) is 7.54. The van der Waals surface area contributed by atoms with Gasteiger partial charge in [0.15, 0.2) is 0 Å². The van der Waals surface area contributed by atoms with E-state index in [-0.39, 0.29) is 11.9 Å². The molecule has 0 aliphatic rings. The van der Waals surface area contributed by atoms with Crippen LogP contribution in [-0.4, -0.2) is 6.54 Å². The summed E-state index contributed by atoms with van der Waals surface area (Å²) in [5.74, 6) is -0.211. The minimum Gasteiger partial charge on any atom is -0.306 e. The van der Waals surface area contributed by atoms with Gasteiger partial charge >= 0.3 is 0 Å². The fourth-order valence-corrected chi connectivity index (χ4v) is 3.87. The van der Waals surface area contributed by atoms with E-state index in [4.69, 9.17) is 0 Å². The molecular weight excluding hydrogens is 393 g/mol. The van der Waals surface area contributed by atoms with Gasteiger partial charge in [-0.15, -0.1) is 11.3 Å². The smallest absolute Gasteiger partial charge is 0.123 e. The number of nitrogens with one attached hydrogen (secondary N) is 1. The van der Waals surface area contributed by atoms with E-state index >= 15 is 0 Å². The zero-order valence-electron chi connectivity index (χ0n) is 10.4. The topological polar surface area (TPSA) is 12.0 Å². The summed E-state index contributed by atoms with van der Waals surface area (Å²) >= 11 is 8.66. The van der Waals surface area contributed by atoms with E-state index < -0.39 is 0 Å². The molecule has 0 amide bonds. The maximum absolute atomic E-state index is 13.5. The van der Waals surface area contributed by atoms with Crippen molar-refractivity contribution in [2.45, 2.75) is 19.4 Å². The molecule has 0 bridgehead atoms. The highest BCUT2D eigenvalue weighted by Gasteiger charge is 2.18. The summed E-state index contributed by atoms with van der Waals surface area (Å²) in [6, 6.07) is 8.92. The normalized spacial score (nSPS) is 12.6. The average Bonchev–Trinajstić information content (AvgIpc) is 2.80. The number of hydrogen-bond acceptors (Lipinski definition) is 2. The first-order valence-corrected chi connectivity index (χ1v) is 8.45. The first-order chi connectivity index (χ1) is 9.11. The Kier molecular flexibility index (Phi) is 5.57. The van der Waals surface area contributed by atoms with Gasteiger partial charge in [-0.3, -0.25) is 0 Å². The molecule has 1 nitrogen and oxygen atoms in total. The second kappa shape index (κ2) is 6.97. The fraction of sp³-hybridized carbons (Fsp3) is 0.286. The molecular formula is C14H14Br2FNS. The predicted molar refractivity (Wildman–Crippen MR) is 86.3 cm³/mol. The molecule has 1 atom stereocenters. The lowest BCUT2D eigenvalue weighted by Gasteiger charge is -2.19. The molecule has 0 saturated heterocycles. The number of halogens is 3. The molecule has 1 aromatic carbocycles. The molecule has 19 heavy (non-hydrogen) atoms. The number of benzene rings is 1. The van der Waals surface area contributed by atoms with Crippen molar-refractivity contribution in [3.8, 4) is 0 Å². The molecule has 1 unspecified atom stereocenters. The van der Waals surface area contributed by atoms with E-state index in [0.29, 0.717) is 0 Å². The van der Waals surface area contributed by atoms with Crippen molar-refractivity contribution in [3.63, 3.8) is 0 Å². The molecule has 2 rings (SSSR count). The van der Waals surface area contributed by atoms with Crippen molar-refractivity contribution in [1.82, 2.24) is 5.32 Å². The van der Waals surface area contributed by atoms with Crippen LogP contribution in [0.25, 0.3) is 0 Å². The van der Waals surface area contributed by atoms with E-state index in [1.807, 2.05) is 6.07 Å². The third kappa shape index (κ3) is 3.88. The van der Waals surface area contributed by atoms with Crippen LogP contribution in [0.3, 0.4) is 0 Å². The summed E-state index contributed by atoms with van der Waals surface area (Å²) in [5.41, 5.74) is 0.933. The van der Waals surface area contributed by atoms with Gasteiger partial charge in [-0.2, -0.15) is 0 Å². The van der Waals surface area contributed by atoms with Gasteiger partial charge in [0.1, 0.15) is 5.82 Å². The monoisotopic (exact) mass is 405 g/mol. The third-order valence-electron chi connectivity index (χ3n) is 2.75. The Morgan fingerprint density at radius 1 is 1.26 bits per heavy atom. The van der Waals surface area contributed by atoms with Crippen molar-refractivity contribution in [3.05, 3.63) is 54.8 Å². The molecule has 102 valence electrons. The first kappa shape index (κ1) is 15.2. The minimum atomic E-state index is -0.211. The van der Waals surface area contributed by atoms with E-state index in [2.05, 4.69) is 50.2 Å². The van der Waals surface area contributed by atoms with Crippen molar-refractivity contribution in [2.75, 3.05) is 6.54 Å². The van der Waals surface area contributed by atoms with Gasteiger partial charge in [-0.25, -0.2) is 4.39 Å². The van der Waals surface area contributed by atoms with Crippen LogP contribution in [0.15, 0.2) is 38.6 Å². The van der Waals surface area contributed by atoms with Gasteiger partial charge in [-0.1, -0.05) is 22.9 Å². The Balaban J connectivity index is 2.39. The van der Waals surface area contributed by atoms with Crippen LogP contribution in [0.2, 0.25) is 0 Å². The molecule has 1 heterocycles. The number of hydrogen-bond donors (Lipinski definition) is 1. The van der Waals surface area contributed by atoms with Crippen LogP contribution >= 0.6 is 43.2 Å². The van der Waals surface area contributed by atoms with Crippen LogP contribution in [0.4, 0.5) is 4.39 Å². The third-order valence-corrected chi connectivity index (χ3v) is 5.16. The molecule has 0 spiro atoms. The van der Waals surface area contributed by atoms with Crippen molar-refractivity contribution >= 4 is 43.2 Å². The second-order valence-electron chi connectivity index (χ2n) is 4.19. The highest BCUT2D eigenvalue weighted by Crippen LogP contribution is 2.34. The predicted octanol–water partition coefficient (Wildman–Crippen LogP) is 5.50. The van der Waals surface area contributed by atoms with Gasteiger partial charge < -0.3 is 5.32 Å². The lowest BCUT2D eigenvalue weighted by Crippen LogP contribution is -2.22. The van der Waals surface area contributed by atoms with Crippen LogP contribution in [0.5, 0.6) is 0 Å². The highest BCUT2D eigenvalue weighted by molar-refractivity contribution is 9.11. The van der Waals surface area contributed by atoms with Crippen molar-refractivity contribution < 1.29 is 4.39 Å². The highest BCUT2D eigenvalue weighted by atomic mass is 79.9. The van der Waals surface area contributed by atoms with E-state index in [0.717, 1.165) is 26.8 Å². The molecule has 5 heteroatoms. The van der Waals surface area contributed by atoms with Crippen molar-refractivity contribution in [1.29, 1.82) is 0 Å². The molecule has 1 N–H and O–H groups in total. The molecule has 0 aliphatic heterocycles. The largest absolute Gasteiger partial charge is 0.306 e. The van der Waals surface area contributed by atoms with E-state index in [1.165, 1.54) is 10.9 Å². The Morgan fingerprint density at radius 3 is 2.68 bits per heavy atom. The Bertz CT molecular complexity index is 556. The quantitative estimate of drug-likeness (QED) is 0.690. The Hall–Kier alpha value is -0.230. The van der Waals surface area contributed by atoms with Crippen molar-refractivity contribution in [2.24, 2.45) is 0 Å². The molecule has 0 fully saturated rings. The van der Waals surface area contributed by atoms with Gasteiger partial charge in [0, 0.05) is 9.35 Å². The number of rotatable bonds is 5. The lowest BCUT2D eigenvalue weighted by molar-refractivity contribution is 0.589. The van der Waals surface area contributed by atoms with Gasteiger partial charge in [0.25, 0.3) is 0 Å². The first-order valence-electron chi connectivity index (χ1n) is 6.05. The fourth-order valence-electron chi connectivity index (χ4n) is 1.87. The molecule has 1 aromatic heterocycles. The lowest BCUT2D eigenvalue weighted by atomic mass is 10.1. The average molecular weight is 407 g/mol. The summed E-state index contributed by atoms with van der Waals surface area (Å²) in [7, 11) is 0. The van der Waals surface area contributed by atoms with Gasteiger partial charge in [-0.05, 0) is 64.8 Å². The van der Waals surface area contributed by atoms with Gasteiger partial charge in [0.05, 0.1) is 9.83 Å². The SMILES string of the molecule is CCCNC(c1ccc(Br)s1)c1cc(F)ccc1Br. The molecule has 0 saturated carbocycles. The Morgan fingerprint density at radius 2 is 2.05 bits per heavy atom. The maximum Gasteiger partial charge on any atom is 0.123 e. The van der Waals surface area contributed by atoms with E-state index in [1.54, 1.807) is 23.5 Å². The standard InChI is InChI=1S/C14H14Br2FNS/c1-2-7-18-14(12-5-6-13(16)19-12)10-8-9(17)3-4-11(10)15/h3-6,8,14,18H,2,7H2,1H3. The van der Waals surface area contributed by atoms with Crippen LogP contribution < -0.4 is 5.32 Å². The summed E-state index contributed by atoms with van der Waals surface area (Å²) in [5, 5.41) is 3.48. The summed E-state index contributed by atoms with van der Waals surface area (Å²) in [6.07, 6.45) is 1.04. The summed E-state index contributed by atoms with van der Waals surface area (Å²) < 4.78 is 15.5. The van der Waals surface area contributed by atoms with Crippen LogP contribution in [-0.2, 0) is 0 Å². The van der Waals surface area contributed by atoms with Crippen LogP contribution in [0, 0.1) is 5.82 Å². The van der Waals surface area contributed by atoms with Gasteiger partial charge in [0.2, 0.25) is 0 Å².